The summed E-state index contributed by atoms with van der Waals surface area (Å²) >= 11 is 0. The van der Waals surface area contributed by atoms with Crippen LogP contribution in [0.3, 0.4) is 0 Å². The lowest BCUT2D eigenvalue weighted by Crippen LogP contribution is -2.64. The molecule has 44 heavy (non-hydrogen) atoms. The van der Waals surface area contributed by atoms with E-state index in [-0.39, 0.29) is 40.9 Å². The van der Waals surface area contributed by atoms with Gasteiger partial charge in [-0.15, -0.1) is 0 Å². The van der Waals surface area contributed by atoms with Crippen molar-refractivity contribution in [1.29, 1.82) is 0 Å². The molecule has 2 saturated carbocycles. The van der Waals surface area contributed by atoms with Gasteiger partial charge in [0.25, 0.3) is 5.91 Å². The summed E-state index contributed by atoms with van der Waals surface area (Å²) in [6.07, 6.45) is 0.804. The van der Waals surface area contributed by atoms with Gasteiger partial charge in [-0.05, 0) is 40.9 Å². The molecule has 0 radical (unpaired) electrons. The molecule has 248 valence electrons. The summed E-state index contributed by atoms with van der Waals surface area (Å²) in [5.74, 6) is -2.81. The van der Waals surface area contributed by atoms with Crippen molar-refractivity contribution >= 4 is 29.4 Å². The fourth-order valence-corrected chi connectivity index (χ4v) is 6.92. The van der Waals surface area contributed by atoms with Crippen molar-refractivity contribution in [2.24, 2.45) is 40.2 Å². The van der Waals surface area contributed by atoms with Gasteiger partial charge >= 0.3 is 0 Å². The van der Waals surface area contributed by atoms with Gasteiger partial charge in [-0.2, -0.15) is 0 Å². The lowest BCUT2D eigenvalue weighted by atomic mass is 9.85. The lowest BCUT2D eigenvalue weighted by molar-refractivity contribution is -0.146. The molecule has 0 aromatic rings. The van der Waals surface area contributed by atoms with Crippen molar-refractivity contribution in [1.82, 2.24) is 25.8 Å². The molecule has 0 aromatic heterocycles. The number of aliphatic hydroxyl groups is 1. The maximum atomic E-state index is 14.3. The van der Waals surface area contributed by atoms with Gasteiger partial charge in [0.2, 0.25) is 23.5 Å². The smallest absolute Gasteiger partial charge is 0.287 e. The number of hydrogen-bond acceptors (Lipinski definition) is 9. The first-order valence-corrected chi connectivity index (χ1v) is 16.0. The summed E-state index contributed by atoms with van der Waals surface area (Å²) < 4.78 is 5.36. The summed E-state index contributed by atoms with van der Waals surface area (Å²) in [5, 5.41) is 19.9. The summed E-state index contributed by atoms with van der Waals surface area (Å²) in [6, 6.07) is -3.48. The predicted molar refractivity (Wildman–Crippen MR) is 161 cm³/mol. The van der Waals surface area contributed by atoms with E-state index in [1.807, 2.05) is 34.6 Å². The minimum atomic E-state index is -1.39. The molecule has 2 aliphatic carbocycles. The molecular formula is C31H52N6O7. The molecule has 0 bridgehead atoms. The Balaban J connectivity index is 1.50. The molecule has 4 amide bonds. The van der Waals surface area contributed by atoms with Gasteiger partial charge in [0.1, 0.15) is 6.04 Å². The van der Waals surface area contributed by atoms with Crippen LogP contribution in [0.25, 0.3) is 0 Å². The average molecular weight is 621 g/mol. The number of nitrogens with zero attached hydrogens (tertiary/aromatic N) is 2. The van der Waals surface area contributed by atoms with E-state index >= 15 is 0 Å². The second kappa shape index (κ2) is 13.0. The SMILES string of the molecule is CC(C)[C@H](NC(O)N[C@H](C(=O)N1C[C@H]2[C@@H]([C@H]1C(=O)NC(CC1CC1)C(=O)C(N)=O)C2(C)C)C(C)(C)C)C(=O)N1CCOCC1. The number of amides is 4. The highest BCUT2D eigenvalue weighted by Crippen LogP contribution is 2.65. The van der Waals surface area contributed by atoms with E-state index in [1.165, 1.54) is 0 Å². The Bertz CT molecular complexity index is 1130. The zero-order chi connectivity index (χ0) is 32.7. The zero-order valence-electron chi connectivity index (χ0n) is 27.2. The van der Waals surface area contributed by atoms with Gasteiger partial charge in [0.15, 0.2) is 6.35 Å². The molecule has 2 unspecified atom stereocenters. The van der Waals surface area contributed by atoms with Crippen LogP contribution in [0.5, 0.6) is 0 Å². The van der Waals surface area contributed by atoms with Crippen molar-refractivity contribution in [3.05, 3.63) is 0 Å². The zero-order valence-corrected chi connectivity index (χ0v) is 27.2. The molecule has 4 aliphatic rings. The van der Waals surface area contributed by atoms with E-state index in [4.69, 9.17) is 10.5 Å². The number of ketones is 1. The van der Waals surface area contributed by atoms with Gasteiger partial charge < -0.3 is 30.7 Å². The normalized spacial score (nSPS) is 27.2. The lowest BCUT2D eigenvalue weighted by Gasteiger charge is -2.39. The largest absolute Gasteiger partial charge is 0.378 e. The third-order valence-corrected chi connectivity index (χ3v) is 9.93. The summed E-state index contributed by atoms with van der Waals surface area (Å²) in [4.78, 5) is 68.9. The molecule has 4 fully saturated rings. The van der Waals surface area contributed by atoms with Crippen LogP contribution in [-0.4, -0.2) is 108 Å². The van der Waals surface area contributed by atoms with E-state index < -0.39 is 53.5 Å². The molecule has 2 aliphatic heterocycles. The first-order chi connectivity index (χ1) is 20.4. The standard InChI is InChI=1S/C31H52N6O7/c1-16(2)21(27(41)36-10-12-44-13-11-36)34-29(43)35-24(30(3,4)5)28(42)37-15-18-20(31(18,6)7)22(37)26(40)33-19(14-17-8-9-17)23(38)25(32)39/h16-22,24,29,34-35,43H,8-15H2,1-7H3,(H2,32,39)(H,33,40)/t18-,19?,20-,21-,22-,24+,29?/m0/s1. The Morgan fingerprint density at radius 2 is 1.64 bits per heavy atom. The van der Waals surface area contributed by atoms with Crippen LogP contribution < -0.4 is 21.7 Å². The maximum Gasteiger partial charge on any atom is 0.287 e. The van der Waals surface area contributed by atoms with Crippen LogP contribution in [0.1, 0.15) is 67.7 Å². The molecule has 13 heteroatoms. The number of nitrogens with two attached hydrogens (primary N) is 1. The summed E-state index contributed by atoms with van der Waals surface area (Å²) in [6.45, 7) is 15.7. The number of primary amides is 1. The molecule has 2 heterocycles. The maximum absolute atomic E-state index is 14.3. The number of piperidine rings is 1. The van der Waals surface area contributed by atoms with E-state index in [9.17, 15) is 29.1 Å². The highest BCUT2D eigenvalue weighted by molar-refractivity contribution is 6.37. The van der Waals surface area contributed by atoms with Gasteiger partial charge in [0.05, 0.1) is 31.3 Å². The Morgan fingerprint density at radius 1 is 1.02 bits per heavy atom. The number of rotatable bonds is 13. The van der Waals surface area contributed by atoms with Crippen molar-refractivity contribution in [2.45, 2.75) is 98.2 Å². The van der Waals surface area contributed by atoms with E-state index in [0.717, 1.165) is 12.8 Å². The van der Waals surface area contributed by atoms with Crippen LogP contribution in [0.2, 0.25) is 0 Å². The average Bonchev–Trinajstić information content (AvgIpc) is 3.80. The second-order valence-electron chi connectivity index (χ2n) is 15.1. The second-order valence-corrected chi connectivity index (χ2v) is 15.1. The predicted octanol–water partition coefficient (Wildman–Crippen LogP) is -0.438. The topological polar surface area (TPSA) is 183 Å². The number of ether oxygens (including phenoxy) is 1. The number of aliphatic hydroxyl groups excluding tert-OH is 1. The summed E-state index contributed by atoms with van der Waals surface area (Å²) in [5.41, 5.74) is 4.44. The number of likely N-dealkylation sites (tertiary alicyclic amines) is 1. The Morgan fingerprint density at radius 3 is 2.16 bits per heavy atom. The number of nitrogens with one attached hydrogen (secondary N) is 3. The number of carbonyl (C=O) groups excluding carboxylic acids is 5. The monoisotopic (exact) mass is 620 g/mol. The van der Waals surface area contributed by atoms with Crippen LogP contribution in [-0.2, 0) is 28.7 Å². The number of Topliss-reactive ketones (excluding diaryl/α,β-unsaturated/α-hetero) is 1. The van der Waals surface area contributed by atoms with E-state index in [0.29, 0.717) is 39.3 Å². The minimum Gasteiger partial charge on any atom is -0.378 e. The molecular weight excluding hydrogens is 568 g/mol. The third-order valence-electron chi connectivity index (χ3n) is 9.93. The first-order valence-electron chi connectivity index (χ1n) is 16.0. The van der Waals surface area contributed by atoms with Crippen molar-refractivity contribution in [2.75, 3.05) is 32.8 Å². The van der Waals surface area contributed by atoms with Crippen LogP contribution in [0, 0.1) is 34.5 Å². The van der Waals surface area contributed by atoms with Gasteiger partial charge in [-0.1, -0.05) is 61.3 Å². The Kier molecular flexibility index (Phi) is 10.1. The molecule has 7 atom stereocenters. The highest BCUT2D eigenvalue weighted by atomic mass is 16.5. The third kappa shape index (κ3) is 7.43. The highest BCUT2D eigenvalue weighted by Gasteiger charge is 2.70. The van der Waals surface area contributed by atoms with Crippen LogP contribution in [0.4, 0.5) is 0 Å². The van der Waals surface area contributed by atoms with Gasteiger partial charge in [-0.3, -0.25) is 34.6 Å². The molecule has 0 aromatic carbocycles. The quantitative estimate of drug-likeness (QED) is 0.135. The first kappa shape index (κ1) is 34.3. The fraction of sp³-hybridized carbons (Fsp3) is 0.839. The Labute approximate surface area is 260 Å². The van der Waals surface area contributed by atoms with Gasteiger partial charge in [0, 0.05) is 19.6 Å². The fourth-order valence-electron chi connectivity index (χ4n) is 6.92. The number of hydrogen-bond donors (Lipinski definition) is 5. The van der Waals surface area contributed by atoms with E-state index in [1.54, 1.807) is 9.80 Å². The van der Waals surface area contributed by atoms with Crippen molar-refractivity contribution in [3.8, 4) is 0 Å². The molecule has 4 rings (SSSR count). The molecule has 6 N–H and O–H groups in total. The molecule has 0 spiro atoms. The van der Waals surface area contributed by atoms with Crippen LogP contribution >= 0.6 is 0 Å². The van der Waals surface area contributed by atoms with E-state index in [2.05, 4.69) is 29.8 Å². The van der Waals surface area contributed by atoms with Crippen molar-refractivity contribution < 1.29 is 33.8 Å². The van der Waals surface area contributed by atoms with Crippen molar-refractivity contribution in [3.63, 3.8) is 0 Å². The number of carbonyl (C=O) groups is 5. The van der Waals surface area contributed by atoms with Crippen LogP contribution in [0.15, 0.2) is 0 Å². The minimum absolute atomic E-state index is 0.0936. The number of fused-ring (bicyclic) bond motifs is 1. The molecule has 2 saturated heterocycles. The number of morpholine rings is 1. The molecule has 13 nitrogen and oxygen atoms in total. The summed E-state index contributed by atoms with van der Waals surface area (Å²) in [7, 11) is 0. The Hall–Kier alpha value is -2.61. The van der Waals surface area contributed by atoms with Gasteiger partial charge in [-0.25, -0.2) is 0 Å².